The molecule has 4 aromatic rings. The normalized spacial score (nSPS) is 14.5. The molecule has 49 heavy (non-hydrogen) atoms. The maximum atomic E-state index is 14.5. The number of aromatic nitrogens is 2. The summed E-state index contributed by atoms with van der Waals surface area (Å²) in [5.41, 5.74) is 4.43. The van der Waals surface area contributed by atoms with Gasteiger partial charge in [0.2, 0.25) is 0 Å². The van der Waals surface area contributed by atoms with Crippen LogP contribution in [0.3, 0.4) is 0 Å². The molecule has 1 unspecified atom stereocenters. The highest BCUT2D eigenvalue weighted by atomic mass is 79.9. The number of aliphatic hydroxyl groups excluding tert-OH is 1. The average molecular weight is 818 g/mol. The zero-order valence-corrected chi connectivity index (χ0v) is 31.9. The molecule has 0 aliphatic carbocycles. The Morgan fingerprint density at radius 2 is 1.67 bits per heavy atom. The number of aryl methyl sites for hydroxylation is 1. The van der Waals surface area contributed by atoms with Crippen molar-refractivity contribution in [1.82, 2.24) is 19.6 Å². The molecule has 3 aromatic carbocycles. The first-order valence-corrected chi connectivity index (χ1v) is 19.0. The van der Waals surface area contributed by atoms with Crippen LogP contribution in [0.5, 0.6) is 0 Å². The second-order valence-corrected chi connectivity index (χ2v) is 14.9. The van der Waals surface area contributed by atoms with E-state index in [9.17, 15) is 18.9 Å². The number of nitrogens with zero attached hydrogens (tertiary/aromatic N) is 4. The zero-order valence-electron chi connectivity index (χ0n) is 27.9. The number of hydrogen-bond donors (Lipinski definition) is 2. The van der Waals surface area contributed by atoms with E-state index in [0.29, 0.717) is 59.3 Å². The largest absolute Gasteiger partial charge is 0.412 e. The molecule has 4 N–H and O–H groups in total. The van der Waals surface area contributed by atoms with Crippen molar-refractivity contribution in [1.29, 1.82) is 0 Å². The van der Waals surface area contributed by atoms with E-state index < -0.39 is 17.0 Å². The third-order valence-corrected chi connectivity index (χ3v) is 11.5. The van der Waals surface area contributed by atoms with Crippen molar-refractivity contribution in [2.45, 2.75) is 70.4 Å². The molecular formula is C36H43Br2N5O5S. The highest BCUT2D eigenvalue weighted by Gasteiger charge is 2.32. The van der Waals surface area contributed by atoms with Crippen LogP contribution >= 0.6 is 31.9 Å². The van der Waals surface area contributed by atoms with Crippen LogP contribution in [-0.2, 0) is 24.0 Å². The van der Waals surface area contributed by atoms with Gasteiger partial charge in [-0.25, -0.2) is 8.89 Å². The summed E-state index contributed by atoms with van der Waals surface area (Å²) in [5, 5.41) is 15.1. The monoisotopic (exact) mass is 815 g/mol. The first kappa shape index (κ1) is 38.4. The summed E-state index contributed by atoms with van der Waals surface area (Å²) in [6.45, 7) is 7.54. The average Bonchev–Trinajstić information content (AvgIpc) is 3.49. The predicted octanol–water partition coefficient (Wildman–Crippen LogP) is 6.62. The molecule has 0 radical (unpaired) electrons. The minimum absolute atomic E-state index is 0. The molecule has 262 valence electrons. The Morgan fingerprint density at radius 3 is 2.33 bits per heavy atom. The number of amides is 2. The Bertz CT molecular complexity index is 1810. The number of aliphatic hydroxyl groups is 1. The Balaban J connectivity index is 0.00000541. The maximum Gasteiger partial charge on any atom is 0.274 e. The van der Waals surface area contributed by atoms with Crippen LogP contribution in [0.25, 0.3) is 5.69 Å². The first-order chi connectivity index (χ1) is 23.1. The number of halogens is 2. The molecule has 2 heterocycles. The van der Waals surface area contributed by atoms with Crippen LogP contribution in [-0.4, -0.2) is 71.9 Å². The number of carbonyl (C=O) groups excluding carboxylic acids is 2. The van der Waals surface area contributed by atoms with Crippen LogP contribution in [0.2, 0.25) is 0 Å². The number of anilines is 1. The Kier molecular flexibility index (Phi) is 13.8. The lowest BCUT2D eigenvalue weighted by Crippen LogP contribution is -2.46. The number of benzene rings is 3. The van der Waals surface area contributed by atoms with Gasteiger partial charge in [0, 0.05) is 40.0 Å². The van der Waals surface area contributed by atoms with Crippen molar-refractivity contribution in [3.05, 3.63) is 104 Å². The fourth-order valence-corrected chi connectivity index (χ4v) is 7.51. The molecule has 5 rings (SSSR count). The van der Waals surface area contributed by atoms with Crippen LogP contribution in [0, 0.1) is 6.92 Å². The van der Waals surface area contributed by atoms with Crippen molar-refractivity contribution in [3.63, 3.8) is 0 Å². The summed E-state index contributed by atoms with van der Waals surface area (Å²) < 4.78 is 19.7. The van der Waals surface area contributed by atoms with Crippen molar-refractivity contribution < 1.29 is 24.4 Å². The van der Waals surface area contributed by atoms with E-state index in [2.05, 4.69) is 50.4 Å². The van der Waals surface area contributed by atoms with Crippen molar-refractivity contribution in [2.75, 3.05) is 24.4 Å². The van der Waals surface area contributed by atoms with Crippen LogP contribution in [0.1, 0.15) is 77.2 Å². The molecular weight excluding hydrogens is 774 g/mol. The number of rotatable bonds is 13. The molecule has 1 aliphatic heterocycles. The van der Waals surface area contributed by atoms with Gasteiger partial charge in [0.1, 0.15) is 11.0 Å². The lowest BCUT2D eigenvalue weighted by Gasteiger charge is -2.36. The Hall–Kier alpha value is -3.36. The van der Waals surface area contributed by atoms with Gasteiger partial charge in [-0.2, -0.15) is 5.10 Å². The van der Waals surface area contributed by atoms with Crippen molar-refractivity contribution >= 4 is 60.3 Å². The number of fused-ring (bicyclic) bond motifs is 1. The number of carbonyl (C=O) groups is 2. The number of hydrogen-bond acceptors (Lipinski definition) is 5. The summed E-state index contributed by atoms with van der Waals surface area (Å²) in [5.74, 6) is -0.427. The van der Waals surface area contributed by atoms with E-state index in [1.165, 1.54) is 0 Å². The second-order valence-electron chi connectivity index (χ2n) is 12.0. The fourth-order valence-electron chi connectivity index (χ4n) is 5.85. The lowest BCUT2D eigenvalue weighted by molar-refractivity contribution is 0.0544. The van der Waals surface area contributed by atoms with Crippen molar-refractivity contribution in [3.8, 4) is 5.69 Å². The molecule has 2 atom stereocenters. The molecule has 0 bridgehead atoms. The van der Waals surface area contributed by atoms with Gasteiger partial charge in [0.15, 0.2) is 5.69 Å². The summed E-state index contributed by atoms with van der Waals surface area (Å²) in [6.07, 6.45) is 4.31. The van der Waals surface area contributed by atoms with Gasteiger partial charge >= 0.3 is 0 Å². The van der Waals surface area contributed by atoms with Gasteiger partial charge in [-0.15, -0.1) is 0 Å². The van der Waals surface area contributed by atoms with E-state index in [4.69, 9.17) is 5.10 Å². The second kappa shape index (κ2) is 17.5. The standard InChI is InChI=1S/C36H41Br2N5O4S.H2O/c1-4-6-16-41(17-7-5-2)36(46)33-18-24(3)43(39-33)34-15-12-27(40-48(47)29-13-14-31(37)32(38)21-29)20-30(34)35(45)42-22-26-11-9-8-10-25(26)19-28(42)23-44;/h8-15,18,20-21,28,40,44H,4-7,16-17,19,22-23H2,1-3H3;1H2/t28-,48?;/m0./s1. The fraction of sp³-hybridized carbons (Fsp3) is 0.361. The number of unbranched alkanes of at least 4 members (excludes halogenated alkanes) is 2. The lowest BCUT2D eigenvalue weighted by atomic mass is 9.93. The van der Waals surface area contributed by atoms with Gasteiger partial charge < -0.3 is 25.1 Å². The summed E-state index contributed by atoms with van der Waals surface area (Å²) in [6, 6.07) is 19.8. The summed E-state index contributed by atoms with van der Waals surface area (Å²) >= 11 is 6.92. The SMILES string of the molecule is CCCCN(CCCC)C(=O)c1cc(C)n(-c2ccc(NS(=O)c3ccc(Br)c(Br)c3)cc2C(=O)N2Cc3ccccc3C[C@H]2CO)n1.O. The van der Waals surface area contributed by atoms with Crippen LogP contribution in [0.15, 0.2) is 80.6 Å². The van der Waals surface area contributed by atoms with E-state index in [1.54, 1.807) is 46.0 Å². The van der Waals surface area contributed by atoms with E-state index in [-0.39, 0.29) is 23.9 Å². The molecule has 0 saturated carbocycles. The predicted molar refractivity (Wildman–Crippen MR) is 200 cm³/mol. The third kappa shape index (κ3) is 8.87. The summed E-state index contributed by atoms with van der Waals surface area (Å²) in [4.78, 5) is 32.3. The minimum atomic E-state index is -1.62. The van der Waals surface area contributed by atoms with Gasteiger partial charge in [0.05, 0.1) is 28.8 Å². The minimum Gasteiger partial charge on any atom is -0.412 e. The molecule has 0 fully saturated rings. The van der Waals surface area contributed by atoms with E-state index >= 15 is 0 Å². The zero-order chi connectivity index (χ0) is 34.4. The first-order valence-electron chi connectivity index (χ1n) is 16.3. The molecule has 0 saturated heterocycles. The smallest absolute Gasteiger partial charge is 0.274 e. The van der Waals surface area contributed by atoms with Gasteiger partial charge in [-0.3, -0.25) is 9.59 Å². The highest BCUT2D eigenvalue weighted by Crippen LogP contribution is 2.30. The topological polar surface area (TPSA) is 139 Å². The Labute approximate surface area is 307 Å². The molecule has 13 heteroatoms. The van der Waals surface area contributed by atoms with E-state index in [0.717, 1.165) is 45.8 Å². The molecule has 1 aromatic heterocycles. The van der Waals surface area contributed by atoms with Crippen LogP contribution in [0.4, 0.5) is 5.69 Å². The molecule has 10 nitrogen and oxygen atoms in total. The van der Waals surface area contributed by atoms with Gasteiger partial charge in [-0.1, -0.05) is 51.0 Å². The van der Waals surface area contributed by atoms with Crippen molar-refractivity contribution in [2.24, 2.45) is 0 Å². The molecule has 1 aliphatic rings. The highest BCUT2D eigenvalue weighted by molar-refractivity contribution is 9.13. The number of nitrogens with one attached hydrogen (secondary N) is 1. The Morgan fingerprint density at radius 1 is 0.980 bits per heavy atom. The quantitative estimate of drug-likeness (QED) is 0.156. The molecule has 0 spiro atoms. The van der Waals surface area contributed by atoms with Crippen LogP contribution < -0.4 is 4.72 Å². The van der Waals surface area contributed by atoms with E-state index in [1.807, 2.05) is 42.2 Å². The summed E-state index contributed by atoms with van der Waals surface area (Å²) in [7, 11) is -1.62. The van der Waals surface area contributed by atoms with Gasteiger partial charge in [-0.05, 0) is 112 Å². The van der Waals surface area contributed by atoms with Gasteiger partial charge in [0.25, 0.3) is 11.8 Å². The molecule has 2 amide bonds. The third-order valence-electron chi connectivity index (χ3n) is 8.55. The maximum absolute atomic E-state index is 14.5.